The summed E-state index contributed by atoms with van der Waals surface area (Å²) >= 11 is 0. The molecule has 2 fully saturated rings. The van der Waals surface area contributed by atoms with Crippen LogP contribution in [0.3, 0.4) is 0 Å². The normalized spacial score (nSPS) is 36.3. The lowest BCUT2D eigenvalue weighted by atomic mass is 9.78. The Balaban J connectivity index is 1.77. The Labute approximate surface area is 122 Å². The molecule has 0 radical (unpaired) electrons. The number of nitrogens with one attached hydrogen (secondary N) is 1. The van der Waals surface area contributed by atoms with Crippen LogP contribution in [0.25, 0.3) is 0 Å². The molecule has 0 heterocycles. The fourth-order valence-corrected chi connectivity index (χ4v) is 3.61. The van der Waals surface area contributed by atoms with Crippen molar-refractivity contribution in [2.75, 3.05) is 0 Å². The minimum atomic E-state index is -0.430. The van der Waals surface area contributed by atoms with E-state index in [0.717, 1.165) is 32.1 Å². The number of carbonyl (C=O) groups excluding carboxylic acids is 1. The highest BCUT2D eigenvalue weighted by Crippen LogP contribution is 2.60. The molecule has 1 unspecified atom stereocenters. The molecular formula is C16H30N2O2. The predicted octanol–water partition coefficient (Wildman–Crippen LogP) is 3.20. The maximum absolute atomic E-state index is 11.8. The minimum absolute atomic E-state index is 0.0316. The van der Waals surface area contributed by atoms with Crippen molar-refractivity contribution in [2.45, 2.75) is 83.9 Å². The van der Waals surface area contributed by atoms with Crippen LogP contribution >= 0.6 is 0 Å². The van der Waals surface area contributed by atoms with Crippen LogP contribution in [0.1, 0.15) is 66.7 Å². The third kappa shape index (κ3) is 3.27. The first-order chi connectivity index (χ1) is 9.03. The highest BCUT2D eigenvalue weighted by atomic mass is 16.6. The van der Waals surface area contributed by atoms with Gasteiger partial charge in [-0.3, -0.25) is 0 Å². The van der Waals surface area contributed by atoms with Crippen LogP contribution in [-0.4, -0.2) is 23.3 Å². The van der Waals surface area contributed by atoms with Crippen molar-refractivity contribution in [2.24, 2.45) is 17.1 Å². The van der Waals surface area contributed by atoms with Crippen molar-refractivity contribution in [3.63, 3.8) is 0 Å². The molecule has 2 saturated carbocycles. The van der Waals surface area contributed by atoms with Gasteiger partial charge in [-0.25, -0.2) is 4.79 Å². The van der Waals surface area contributed by atoms with Crippen molar-refractivity contribution < 1.29 is 9.53 Å². The lowest BCUT2D eigenvalue weighted by molar-refractivity contribution is 0.0483. The van der Waals surface area contributed by atoms with Gasteiger partial charge in [-0.1, -0.05) is 13.8 Å². The van der Waals surface area contributed by atoms with Crippen molar-refractivity contribution in [1.29, 1.82) is 0 Å². The van der Waals surface area contributed by atoms with E-state index in [0.29, 0.717) is 11.3 Å². The minimum Gasteiger partial charge on any atom is -0.444 e. The van der Waals surface area contributed by atoms with Gasteiger partial charge < -0.3 is 15.8 Å². The maximum Gasteiger partial charge on any atom is 0.407 e. The van der Waals surface area contributed by atoms with E-state index in [9.17, 15) is 4.79 Å². The van der Waals surface area contributed by atoms with Crippen molar-refractivity contribution in [3.05, 3.63) is 0 Å². The van der Waals surface area contributed by atoms with Gasteiger partial charge in [0.15, 0.2) is 0 Å². The first-order valence-corrected chi connectivity index (χ1v) is 7.82. The molecule has 0 aromatic heterocycles. The maximum atomic E-state index is 11.8. The van der Waals surface area contributed by atoms with Crippen LogP contribution < -0.4 is 11.1 Å². The number of nitrogens with two attached hydrogens (primary N) is 1. The van der Waals surface area contributed by atoms with Gasteiger partial charge in [-0.05, 0) is 64.2 Å². The molecule has 1 atom stereocenters. The predicted molar refractivity (Wildman–Crippen MR) is 80.4 cm³/mol. The Hall–Kier alpha value is -0.770. The van der Waals surface area contributed by atoms with E-state index in [1.165, 1.54) is 0 Å². The van der Waals surface area contributed by atoms with Gasteiger partial charge in [-0.15, -0.1) is 0 Å². The van der Waals surface area contributed by atoms with Crippen LogP contribution in [0, 0.1) is 11.3 Å². The van der Waals surface area contributed by atoms with E-state index in [2.05, 4.69) is 19.2 Å². The zero-order valence-electron chi connectivity index (χ0n) is 13.6. The molecule has 0 bridgehead atoms. The van der Waals surface area contributed by atoms with Crippen LogP contribution in [0.15, 0.2) is 0 Å². The summed E-state index contributed by atoms with van der Waals surface area (Å²) in [5, 5.41) is 2.99. The molecule has 20 heavy (non-hydrogen) atoms. The summed E-state index contributed by atoms with van der Waals surface area (Å²) in [7, 11) is 0. The van der Waals surface area contributed by atoms with E-state index in [4.69, 9.17) is 10.5 Å². The van der Waals surface area contributed by atoms with Gasteiger partial charge in [-0.2, -0.15) is 0 Å². The number of ether oxygens (including phenoxy) is 1. The van der Waals surface area contributed by atoms with Crippen LogP contribution in [0.4, 0.5) is 4.79 Å². The summed E-state index contributed by atoms with van der Waals surface area (Å²) in [5.41, 5.74) is 6.41. The summed E-state index contributed by atoms with van der Waals surface area (Å²) in [6, 6.07) is 0.242. The van der Waals surface area contributed by atoms with Crippen molar-refractivity contribution >= 4 is 6.09 Å². The molecule has 4 heteroatoms. The monoisotopic (exact) mass is 282 g/mol. The summed E-state index contributed by atoms with van der Waals surface area (Å²) in [6.07, 6.45) is 5.09. The zero-order valence-corrected chi connectivity index (χ0v) is 13.6. The van der Waals surface area contributed by atoms with Gasteiger partial charge in [0.1, 0.15) is 5.60 Å². The summed E-state index contributed by atoms with van der Waals surface area (Å²) < 4.78 is 5.31. The second kappa shape index (κ2) is 4.90. The topological polar surface area (TPSA) is 64.3 Å². The van der Waals surface area contributed by atoms with Crippen molar-refractivity contribution in [3.8, 4) is 0 Å². The lowest BCUT2D eigenvalue weighted by Gasteiger charge is -2.34. The van der Waals surface area contributed by atoms with E-state index in [1.54, 1.807) is 0 Å². The molecule has 2 aliphatic rings. The molecule has 116 valence electrons. The fraction of sp³-hybridized carbons (Fsp3) is 0.938. The standard InChI is InChI=1S/C16H30N2O2/c1-14(2,3)20-13(19)18-12-8-6-11(7-9-12)16(17)10-15(16,4)5/h11-12H,6-10,17H2,1-5H3,(H,18,19). The first kappa shape index (κ1) is 15.6. The fourth-order valence-electron chi connectivity index (χ4n) is 3.61. The van der Waals surface area contributed by atoms with Crippen molar-refractivity contribution in [1.82, 2.24) is 5.32 Å². The smallest absolute Gasteiger partial charge is 0.407 e. The van der Waals surface area contributed by atoms with Gasteiger partial charge in [0.25, 0.3) is 0 Å². The average Bonchev–Trinajstić information content (AvgIpc) is 2.77. The first-order valence-electron chi connectivity index (χ1n) is 7.82. The van der Waals surface area contributed by atoms with E-state index in [-0.39, 0.29) is 17.7 Å². The van der Waals surface area contributed by atoms with Gasteiger partial charge in [0.2, 0.25) is 0 Å². The average molecular weight is 282 g/mol. The molecule has 1 amide bonds. The van der Waals surface area contributed by atoms with E-state index < -0.39 is 5.60 Å². The Morgan fingerprint density at radius 3 is 2.10 bits per heavy atom. The number of carbonyl (C=O) groups is 1. The Kier molecular flexibility index (Phi) is 3.83. The van der Waals surface area contributed by atoms with E-state index in [1.807, 2.05) is 20.8 Å². The quantitative estimate of drug-likeness (QED) is 0.817. The molecule has 0 saturated heterocycles. The lowest BCUT2D eigenvalue weighted by Crippen LogP contribution is -2.45. The number of hydrogen-bond donors (Lipinski definition) is 2. The molecular weight excluding hydrogens is 252 g/mol. The number of hydrogen-bond acceptors (Lipinski definition) is 3. The third-order valence-corrected chi connectivity index (χ3v) is 5.05. The zero-order chi connectivity index (χ0) is 15.2. The molecule has 2 aliphatic carbocycles. The van der Waals surface area contributed by atoms with Gasteiger partial charge in [0.05, 0.1) is 0 Å². The van der Waals surface area contributed by atoms with Gasteiger partial charge >= 0.3 is 6.09 Å². The molecule has 0 spiro atoms. The second-order valence-electron chi connectivity index (χ2n) is 8.30. The van der Waals surface area contributed by atoms with Crippen LogP contribution in [0.2, 0.25) is 0 Å². The summed E-state index contributed by atoms with van der Waals surface area (Å²) in [5.74, 6) is 0.606. The molecule has 3 N–H and O–H groups in total. The number of amides is 1. The highest BCUT2D eigenvalue weighted by Gasteiger charge is 2.62. The number of alkyl carbamates (subject to hydrolysis) is 1. The molecule has 4 nitrogen and oxygen atoms in total. The van der Waals surface area contributed by atoms with E-state index >= 15 is 0 Å². The third-order valence-electron chi connectivity index (χ3n) is 5.05. The Morgan fingerprint density at radius 1 is 1.20 bits per heavy atom. The molecule has 0 aromatic rings. The molecule has 0 aliphatic heterocycles. The Bertz CT molecular complexity index is 378. The highest BCUT2D eigenvalue weighted by molar-refractivity contribution is 5.68. The molecule has 0 aromatic carbocycles. The Morgan fingerprint density at radius 2 is 1.70 bits per heavy atom. The second-order valence-corrected chi connectivity index (χ2v) is 8.30. The SMILES string of the molecule is CC(C)(C)OC(=O)NC1CCC(C2(N)CC2(C)C)CC1. The summed E-state index contributed by atoms with van der Waals surface area (Å²) in [6.45, 7) is 10.2. The molecule has 2 rings (SSSR count). The number of rotatable bonds is 2. The largest absolute Gasteiger partial charge is 0.444 e. The van der Waals surface area contributed by atoms with Crippen LogP contribution in [0.5, 0.6) is 0 Å². The van der Waals surface area contributed by atoms with Gasteiger partial charge in [0, 0.05) is 11.6 Å². The summed E-state index contributed by atoms with van der Waals surface area (Å²) in [4.78, 5) is 11.8. The van der Waals surface area contributed by atoms with Crippen LogP contribution in [-0.2, 0) is 4.74 Å².